The fourth-order valence-corrected chi connectivity index (χ4v) is 3.01. The normalized spacial score (nSPS) is 17.7. The molecule has 0 N–H and O–H groups in total. The number of hydrogen-bond acceptors (Lipinski definition) is 4. The number of nitrogens with zero attached hydrogens (tertiary/aromatic N) is 2. The molecule has 0 amide bonds. The Bertz CT molecular complexity index is 642. The zero-order chi connectivity index (χ0) is 15.0. The van der Waals surface area contributed by atoms with Crippen LogP contribution in [0.1, 0.15) is 56.8 Å². The Morgan fingerprint density at radius 3 is 2.43 bits per heavy atom. The number of rotatable bonds is 5. The summed E-state index contributed by atoms with van der Waals surface area (Å²) < 4.78 is 5.42. The fraction of sp³-hybridized carbons (Fsp3) is 0.471. The molecule has 1 aliphatic carbocycles. The number of carbonyl (C=O) groups excluding carboxylic acids is 1. The molecule has 4 nitrogen and oxygen atoms in total. The highest BCUT2D eigenvalue weighted by atomic mass is 16.5. The van der Waals surface area contributed by atoms with E-state index in [1.54, 1.807) is 6.92 Å². The average molecular weight is 284 g/mol. The molecule has 0 saturated heterocycles. The van der Waals surface area contributed by atoms with Gasteiger partial charge in [-0.05, 0) is 31.2 Å². The third-order valence-corrected chi connectivity index (χ3v) is 4.32. The first-order valence-electron chi connectivity index (χ1n) is 7.44. The van der Waals surface area contributed by atoms with Crippen LogP contribution in [0.5, 0.6) is 0 Å². The second-order valence-corrected chi connectivity index (χ2v) is 6.24. The van der Waals surface area contributed by atoms with Crippen molar-refractivity contribution in [3.8, 4) is 0 Å². The zero-order valence-electron chi connectivity index (χ0n) is 12.7. The van der Waals surface area contributed by atoms with Gasteiger partial charge in [-0.2, -0.15) is 4.98 Å². The summed E-state index contributed by atoms with van der Waals surface area (Å²) in [5, 5.41) is 4.17. The van der Waals surface area contributed by atoms with E-state index in [1.165, 1.54) is 5.56 Å². The predicted molar refractivity (Wildman–Crippen MR) is 79.0 cm³/mol. The molecule has 0 aliphatic heterocycles. The number of carbonyl (C=O) groups is 1. The van der Waals surface area contributed by atoms with Crippen molar-refractivity contribution in [3.05, 3.63) is 47.6 Å². The zero-order valence-corrected chi connectivity index (χ0v) is 12.7. The van der Waals surface area contributed by atoms with Gasteiger partial charge in [-0.1, -0.05) is 49.3 Å². The summed E-state index contributed by atoms with van der Waals surface area (Å²) in [6.07, 6.45) is 2.06. The van der Waals surface area contributed by atoms with Gasteiger partial charge in [-0.15, -0.1) is 0 Å². The number of hydrogen-bond donors (Lipinski definition) is 0. The van der Waals surface area contributed by atoms with Crippen LogP contribution in [0.2, 0.25) is 0 Å². The minimum Gasteiger partial charge on any atom is -0.339 e. The summed E-state index contributed by atoms with van der Waals surface area (Å²) in [6, 6.07) is 10.3. The van der Waals surface area contributed by atoms with Crippen LogP contribution < -0.4 is 0 Å². The Morgan fingerprint density at radius 2 is 1.90 bits per heavy atom. The molecule has 1 heterocycles. The van der Waals surface area contributed by atoms with Crippen molar-refractivity contribution in [1.82, 2.24) is 10.1 Å². The van der Waals surface area contributed by atoms with Crippen molar-refractivity contribution >= 4 is 5.78 Å². The van der Waals surface area contributed by atoms with Gasteiger partial charge in [0.2, 0.25) is 5.89 Å². The standard InChI is InChI=1S/C17H20N2O2/c1-11(2)14(12(3)20)15-18-16(19-21-15)17(9-10-17)13-7-5-4-6-8-13/h4-8,11,14H,9-10H2,1-3H3. The first-order chi connectivity index (χ1) is 10.0. The molecule has 3 rings (SSSR count). The minimum atomic E-state index is -0.308. The molecule has 4 heteroatoms. The van der Waals surface area contributed by atoms with Crippen molar-refractivity contribution < 1.29 is 9.32 Å². The quantitative estimate of drug-likeness (QED) is 0.843. The molecule has 1 atom stereocenters. The molecular weight excluding hydrogens is 264 g/mol. The highest BCUT2D eigenvalue weighted by Crippen LogP contribution is 2.52. The average Bonchev–Trinajstić information content (AvgIpc) is 3.13. The van der Waals surface area contributed by atoms with Gasteiger partial charge in [-0.3, -0.25) is 4.79 Å². The van der Waals surface area contributed by atoms with Crippen LogP contribution in [0.25, 0.3) is 0 Å². The first-order valence-corrected chi connectivity index (χ1v) is 7.44. The maximum atomic E-state index is 11.8. The van der Waals surface area contributed by atoms with Gasteiger partial charge in [-0.25, -0.2) is 0 Å². The largest absolute Gasteiger partial charge is 0.339 e. The maximum Gasteiger partial charge on any atom is 0.237 e. The summed E-state index contributed by atoms with van der Waals surface area (Å²) in [7, 11) is 0. The van der Waals surface area contributed by atoms with Gasteiger partial charge in [0.05, 0.1) is 11.3 Å². The van der Waals surface area contributed by atoms with Gasteiger partial charge in [0, 0.05) is 0 Å². The van der Waals surface area contributed by atoms with Crippen molar-refractivity contribution in [2.75, 3.05) is 0 Å². The van der Waals surface area contributed by atoms with Gasteiger partial charge in [0.1, 0.15) is 5.78 Å². The maximum absolute atomic E-state index is 11.8. The van der Waals surface area contributed by atoms with Crippen LogP contribution >= 0.6 is 0 Å². The summed E-state index contributed by atoms with van der Waals surface area (Å²) in [5.74, 6) is 1.09. The van der Waals surface area contributed by atoms with Crippen molar-refractivity contribution in [1.29, 1.82) is 0 Å². The lowest BCUT2D eigenvalue weighted by atomic mass is 9.92. The van der Waals surface area contributed by atoms with Crippen LogP contribution in [0.3, 0.4) is 0 Å². The fourth-order valence-electron chi connectivity index (χ4n) is 3.01. The Hall–Kier alpha value is -1.97. The van der Waals surface area contributed by atoms with Crippen LogP contribution in [-0.4, -0.2) is 15.9 Å². The van der Waals surface area contributed by atoms with E-state index in [0.29, 0.717) is 5.89 Å². The van der Waals surface area contributed by atoms with E-state index in [4.69, 9.17) is 4.52 Å². The van der Waals surface area contributed by atoms with Crippen LogP contribution in [0.15, 0.2) is 34.9 Å². The van der Waals surface area contributed by atoms with E-state index in [0.717, 1.165) is 18.7 Å². The van der Waals surface area contributed by atoms with Gasteiger partial charge in [0.25, 0.3) is 0 Å². The Morgan fingerprint density at radius 1 is 1.24 bits per heavy atom. The molecule has 21 heavy (non-hydrogen) atoms. The van der Waals surface area contributed by atoms with E-state index in [2.05, 4.69) is 22.3 Å². The monoisotopic (exact) mass is 284 g/mol. The smallest absolute Gasteiger partial charge is 0.237 e. The van der Waals surface area contributed by atoms with E-state index in [9.17, 15) is 4.79 Å². The van der Waals surface area contributed by atoms with Crippen LogP contribution in [-0.2, 0) is 10.2 Å². The molecule has 1 fully saturated rings. The SMILES string of the molecule is CC(=O)C(c1nc(C2(c3ccccc3)CC2)no1)C(C)C. The number of aromatic nitrogens is 2. The van der Waals surface area contributed by atoms with Crippen LogP contribution in [0.4, 0.5) is 0 Å². The molecule has 2 aromatic rings. The van der Waals surface area contributed by atoms with Crippen molar-refractivity contribution in [2.45, 2.75) is 44.9 Å². The molecule has 1 unspecified atom stereocenters. The van der Waals surface area contributed by atoms with Gasteiger partial charge < -0.3 is 4.52 Å². The topological polar surface area (TPSA) is 56.0 Å². The minimum absolute atomic E-state index is 0.0739. The molecule has 1 aliphatic rings. The molecule has 110 valence electrons. The van der Waals surface area contributed by atoms with Gasteiger partial charge in [0.15, 0.2) is 5.82 Å². The molecule has 1 saturated carbocycles. The Balaban J connectivity index is 1.94. The summed E-state index contributed by atoms with van der Waals surface area (Å²) in [6.45, 7) is 5.58. The van der Waals surface area contributed by atoms with E-state index < -0.39 is 0 Å². The highest BCUT2D eigenvalue weighted by Gasteiger charge is 2.50. The number of ketones is 1. The van der Waals surface area contributed by atoms with Crippen LogP contribution in [0, 0.1) is 5.92 Å². The van der Waals surface area contributed by atoms with Crippen molar-refractivity contribution in [3.63, 3.8) is 0 Å². The van der Waals surface area contributed by atoms with Gasteiger partial charge >= 0.3 is 0 Å². The Labute approximate surface area is 124 Å². The lowest BCUT2D eigenvalue weighted by molar-refractivity contribution is -0.119. The summed E-state index contributed by atoms with van der Waals surface area (Å²) >= 11 is 0. The first kappa shape index (κ1) is 14.0. The number of benzene rings is 1. The van der Waals surface area contributed by atoms with E-state index in [1.807, 2.05) is 32.0 Å². The molecule has 0 bridgehead atoms. The molecule has 1 aromatic heterocycles. The van der Waals surface area contributed by atoms with Crippen molar-refractivity contribution in [2.24, 2.45) is 5.92 Å². The summed E-state index contributed by atoms with van der Waals surface area (Å²) in [5.41, 5.74) is 1.11. The number of Topliss-reactive ketones (excluding diaryl/α,β-unsaturated/α-hetero) is 1. The van der Waals surface area contributed by atoms with E-state index >= 15 is 0 Å². The third-order valence-electron chi connectivity index (χ3n) is 4.32. The Kier molecular flexibility index (Phi) is 3.40. The lowest BCUT2D eigenvalue weighted by Crippen LogP contribution is -2.16. The molecule has 0 spiro atoms. The lowest BCUT2D eigenvalue weighted by Gasteiger charge is -2.13. The van der Waals surface area contributed by atoms with E-state index in [-0.39, 0.29) is 23.0 Å². The second-order valence-electron chi connectivity index (χ2n) is 6.24. The molecule has 1 aromatic carbocycles. The third kappa shape index (κ3) is 2.39. The molecule has 0 radical (unpaired) electrons. The summed E-state index contributed by atoms with van der Waals surface area (Å²) in [4.78, 5) is 16.4. The molecular formula is C17H20N2O2. The predicted octanol–water partition coefficient (Wildman–Crippen LogP) is 3.48. The highest BCUT2D eigenvalue weighted by molar-refractivity contribution is 5.82. The second kappa shape index (κ2) is 5.10.